The van der Waals surface area contributed by atoms with Crippen LogP contribution in [0.4, 0.5) is 0 Å². The zero-order valence-electron chi connectivity index (χ0n) is 17.2. The molecule has 0 bridgehead atoms. The van der Waals surface area contributed by atoms with Gasteiger partial charge in [0, 0.05) is 23.1 Å². The van der Waals surface area contributed by atoms with Crippen molar-refractivity contribution in [3.05, 3.63) is 69.2 Å². The van der Waals surface area contributed by atoms with Crippen LogP contribution >= 0.6 is 23.2 Å². The molecule has 156 valence electrons. The van der Waals surface area contributed by atoms with Crippen molar-refractivity contribution in [1.29, 1.82) is 0 Å². The Morgan fingerprint density at radius 1 is 1.10 bits per heavy atom. The lowest BCUT2D eigenvalue weighted by molar-refractivity contribution is -0.140. The highest BCUT2D eigenvalue weighted by atomic mass is 35.5. The van der Waals surface area contributed by atoms with Crippen LogP contribution in [0.1, 0.15) is 43.4 Å². The summed E-state index contributed by atoms with van der Waals surface area (Å²) in [5.74, 6) is -0.253. The monoisotopic (exact) mass is 434 g/mol. The molecule has 6 heteroatoms. The van der Waals surface area contributed by atoms with Gasteiger partial charge >= 0.3 is 0 Å². The first-order valence-electron chi connectivity index (χ1n) is 9.92. The molecule has 2 amide bonds. The third kappa shape index (κ3) is 6.76. The summed E-state index contributed by atoms with van der Waals surface area (Å²) in [5.41, 5.74) is 2.77. The quantitative estimate of drug-likeness (QED) is 0.590. The van der Waals surface area contributed by atoms with Crippen LogP contribution in [0, 0.1) is 6.92 Å². The van der Waals surface area contributed by atoms with Gasteiger partial charge in [0.05, 0.1) is 6.42 Å². The highest BCUT2D eigenvalue weighted by Gasteiger charge is 2.29. The van der Waals surface area contributed by atoms with Gasteiger partial charge in [-0.1, -0.05) is 72.9 Å². The molecule has 0 spiro atoms. The van der Waals surface area contributed by atoms with Gasteiger partial charge in [-0.15, -0.1) is 0 Å². The standard InChI is InChI=1S/C23H28Cl2N2O2/c1-4-11-26-23(29)21(5-2)27(15-18-9-10-19(24)14-20(18)25)22(28)13-17-8-6-7-16(3)12-17/h6-10,12,14,21H,4-5,11,13,15H2,1-3H3,(H,26,29)/t21-/m0/s1. The van der Waals surface area contributed by atoms with Gasteiger partial charge in [0.25, 0.3) is 0 Å². The fourth-order valence-electron chi connectivity index (χ4n) is 3.22. The molecule has 1 atom stereocenters. The minimum absolute atomic E-state index is 0.111. The average molecular weight is 435 g/mol. The Hall–Kier alpha value is -2.04. The minimum atomic E-state index is -0.564. The van der Waals surface area contributed by atoms with Crippen molar-refractivity contribution in [3.63, 3.8) is 0 Å². The number of amides is 2. The molecule has 29 heavy (non-hydrogen) atoms. The van der Waals surface area contributed by atoms with Gasteiger partial charge in [-0.05, 0) is 43.0 Å². The van der Waals surface area contributed by atoms with E-state index in [-0.39, 0.29) is 24.8 Å². The fourth-order valence-corrected chi connectivity index (χ4v) is 3.69. The van der Waals surface area contributed by atoms with E-state index in [0.717, 1.165) is 23.1 Å². The molecule has 1 N–H and O–H groups in total. The van der Waals surface area contributed by atoms with Gasteiger partial charge in [0.1, 0.15) is 6.04 Å². The summed E-state index contributed by atoms with van der Waals surface area (Å²) in [6.07, 6.45) is 1.58. The molecule has 2 aromatic carbocycles. The first kappa shape index (κ1) is 23.2. The third-order valence-electron chi connectivity index (χ3n) is 4.73. The lowest BCUT2D eigenvalue weighted by Crippen LogP contribution is -2.49. The van der Waals surface area contributed by atoms with Crippen molar-refractivity contribution in [1.82, 2.24) is 10.2 Å². The highest BCUT2D eigenvalue weighted by molar-refractivity contribution is 6.35. The van der Waals surface area contributed by atoms with Crippen molar-refractivity contribution in [2.45, 2.75) is 52.6 Å². The zero-order chi connectivity index (χ0) is 21.4. The molecule has 0 aliphatic rings. The van der Waals surface area contributed by atoms with E-state index in [0.29, 0.717) is 23.0 Å². The number of hydrogen-bond donors (Lipinski definition) is 1. The molecule has 0 aromatic heterocycles. The smallest absolute Gasteiger partial charge is 0.242 e. The summed E-state index contributed by atoms with van der Waals surface area (Å²) < 4.78 is 0. The van der Waals surface area contributed by atoms with Gasteiger partial charge < -0.3 is 10.2 Å². The molecule has 0 aliphatic heterocycles. The molecule has 2 rings (SSSR count). The summed E-state index contributed by atoms with van der Waals surface area (Å²) in [7, 11) is 0. The maximum Gasteiger partial charge on any atom is 0.242 e. The summed E-state index contributed by atoms with van der Waals surface area (Å²) in [6, 6.07) is 12.5. The van der Waals surface area contributed by atoms with E-state index in [1.54, 1.807) is 23.1 Å². The van der Waals surface area contributed by atoms with E-state index in [1.165, 1.54) is 0 Å². The number of nitrogens with one attached hydrogen (secondary N) is 1. The second-order valence-electron chi connectivity index (χ2n) is 7.14. The van der Waals surface area contributed by atoms with E-state index < -0.39 is 6.04 Å². The molecule has 0 aliphatic carbocycles. The molecule has 0 unspecified atom stereocenters. The normalized spacial score (nSPS) is 11.8. The fraction of sp³-hybridized carbons (Fsp3) is 0.391. The topological polar surface area (TPSA) is 49.4 Å². The average Bonchev–Trinajstić information content (AvgIpc) is 2.67. The molecule has 0 heterocycles. The summed E-state index contributed by atoms with van der Waals surface area (Å²) in [6.45, 7) is 6.73. The van der Waals surface area contributed by atoms with Crippen molar-refractivity contribution in [2.75, 3.05) is 6.54 Å². The Labute approximate surface area is 183 Å². The number of nitrogens with zero attached hydrogens (tertiary/aromatic N) is 1. The van der Waals surface area contributed by atoms with Crippen LogP contribution in [0.25, 0.3) is 0 Å². The largest absolute Gasteiger partial charge is 0.354 e. The minimum Gasteiger partial charge on any atom is -0.354 e. The Balaban J connectivity index is 2.32. The number of carbonyl (C=O) groups excluding carboxylic acids is 2. The lowest BCUT2D eigenvalue weighted by atomic mass is 10.1. The van der Waals surface area contributed by atoms with Gasteiger partial charge in [-0.3, -0.25) is 9.59 Å². The molecule has 2 aromatic rings. The second-order valence-corrected chi connectivity index (χ2v) is 7.98. The number of carbonyl (C=O) groups is 2. The zero-order valence-corrected chi connectivity index (χ0v) is 18.7. The van der Waals surface area contributed by atoms with E-state index in [4.69, 9.17) is 23.2 Å². The van der Waals surface area contributed by atoms with Crippen LogP contribution in [0.3, 0.4) is 0 Å². The summed E-state index contributed by atoms with van der Waals surface area (Å²) in [5, 5.41) is 3.93. The number of halogens is 2. The maximum atomic E-state index is 13.3. The Morgan fingerprint density at radius 3 is 2.48 bits per heavy atom. The number of benzene rings is 2. The van der Waals surface area contributed by atoms with Crippen LogP contribution in [0.15, 0.2) is 42.5 Å². The molecule has 0 saturated carbocycles. The van der Waals surface area contributed by atoms with Crippen LogP contribution in [-0.4, -0.2) is 29.3 Å². The van der Waals surface area contributed by atoms with Crippen molar-refractivity contribution in [3.8, 4) is 0 Å². The maximum absolute atomic E-state index is 13.3. The third-order valence-corrected chi connectivity index (χ3v) is 5.32. The van der Waals surface area contributed by atoms with Crippen LogP contribution in [-0.2, 0) is 22.6 Å². The number of aryl methyl sites for hydroxylation is 1. The van der Waals surface area contributed by atoms with E-state index >= 15 is 0 Å². The first-order valence-corrected chi connectivity index (χ1v) is 10.7. The van der Waals surface area contributed by atoms with Gasteiger partial charge in [-0.2, -0.15) is 0 Å². The second kappa shape index (κ2) is 11.2. The highest BCUT2D eigenvalue weighted by Crippen LogP contribution is 2.24. The molecule has 0 fully saturated rings. The summed E-state index contributed by atoms with van der Waals surface area (Å²) in [4.78, 5) is 27.6. The van der Waals surface area contributed by atoms with E-state index in [9.17, 15) is 9.59 Å². The Bertz CT molecular complexity index is 855. The van der Waals surface area contributed by atoms with Crippen molar-refractivity contribution >= 4 is 35.0 Å². The molecule has 0 saturated heterocycles. The molecule has 0 radical (unpaired) electrons. The predicted octanol–water partition coefficient (Wildman–Crippen LogP) is 5.18. The predicted molar refractivity (Wildman–Crippen MR) is 119 cm³/mol. The van der Waals surface area contributed by atoms with Crippen molar-refractivity contribution < 1.29 is 9.59 Å². The SMILES string of the molecule is CCCNC(=O)[C@H](CC)N(Cc1ccc(Cl)cc1Cl)C(=O)Cc1cccc(C)c1. The van der Waals surface area contributed by atoms with Crippen LogP contribution < -0.4 is 5.32 Å². The molecular formula is C23H28Cl2N2O2. The molecular weight excluding hydrogens is 407 g/mol. The van der Waals surface area contributed by atoms with Gasteiger partial charge in [0.15, 0.2) is 0 Å². The van der Waals surface area contributed by atoms with Crippen LogP contribution in [0.2, 0.25) is 10.0 Å². The summed E-state index contributed by atoms with van der Waals surface area (Å²) >= 11 is 12.4. The first-order chi connectivity index (χ1) is 13.8. The van der Waals surface area contributed by atoms with E-state index in [2.05, 4.69) is 5.32 Å². The van der Waals surface area contributed by atoms with Gasteiger partial charge in [-0.25, -0.2) is 0 Å². The van der Waals surface area contributed by atoms with Gasteiger partial charge in [0.2, 0.25) is 11.8 Å². The Kier molecular flexibility index (Phi) is 8.99. The molecule has 4 nitrogen and oxygen atoms in total. The Morgan fingerprint density at radius 2 is 1.86 bits per heavy atom. The lowest BCUT2D eigenvalue weighted by Gasteiger charge is -2.31. The number of rotatable bonds is 9. The number of hydrogen-bond acceptors (Lipinski definition) is 2. The van der Waals surface area contributed by atoms with Crippen LogP contribution in [0.5, 0.6) is 0 Å². The van der Waals surface area contributed by atoms with Crippen molar-refractivity contribution in [2.24, 2.45) is 0 Å². The van der Waals surface area contributed by atoms with E-state index in [1.807, 2.05) is 45.0 Å².